The number of carboxylic acids is 1. The van der Waals surface area contributed by atoms with E-state index in [1.54, 1.807) is 6.92 Å². The molecule has 2 atom stereocenters. The summed E-state index contributed by atoms with van der Waals surface area (Å²) in [6.45, 7) is 3.59. The molecule has 0 aromatic carbocycles. The molecule has 1 unspecified atom stereocenters. The van der Waals surface area contributed by atoms with E-state index in [0.717, 1.165) is 25.7 Å². The second-order valence-electron chi connectivity index (χ2n) is 5.02. The van der Waals surface area contributed by atoms with Gasteiger partial charge in [-0.1, -0.05) is 19.8 Å². The molecular formula is C12H22N2O3. The van der Waals surface area contributed by atoms with Gasteiger partial charge in [-0.15, -0.1) is 0 Å². The van der Waals surface area contributed by atoms with Gasteiger partial charge in [0.25, 0.3) is 0 Å². The Kier molecular flexibility index (Phi) is 4.51. The van der Waals surface area contributed by atoms with Gasteiger partial charge in [-0.25, -0.2) is 4.79 Å². The molecule has 1 aliphatic carbocycles. The Morgan fingerprint density at radius 1 is 1.53 bits per heavy atom. The van der Waals surface area contributed by atoms with Crippen LogP contribution in [0.1, 0.15) is 46.0 Å². The van der Waals surface area contributed by atoms with Crippen molar-refractivity contribution >= 4 is 11.9 Å². The number of carbonyl (C=O) groups excluding carboxylic acids is 1. The zero-order valence-corrected chi connectivity index (χ0v) is 10.5. The second-order valence-corrected chi connectivity index (χ2v) is 5.02. The third-order valence-electron chi connectivity index (χ3n) is 3.43. The van der Waals surface area contributed by atoms with Gasteiger partial charge >= 0.3 is 5.97 Å². The van der Waals surface area contributed by atoms with Crippen LogP contribution in [-0.4, -0.2) is 28.6 Å². The lowest BCUT2D eigenvalue weighted by atomic mass is 9.95. The van der Waals surface area contributed by atoms with E-state index in [1.165, 1.54) is 0 Å². The molecule has 1 aliphatic rings. The first kappa shape index (κ1) is 14.0. The average molecular weight is 242 g/mol. The lowest BCUT2D eigenvalue weighted by Gasteiger charge is -2.27. The Hall–Kier alpha value is -1.10. The summed E-state index contributed by atoms with van der Waals surface area (Å²) in [6, 6.07) is -0.604. The van der Waals surface area contributed by atoms with Crippen molar-refractivity contribution < 1.29 is 14.7 Å². The fourth-order valence-corrected chi connectivity index (χ4v) is 1.89. The molecule has 0 saturated heterocycles. The second kappa shape index (κ2) is 5.49. The maximum Gasteiger partial charge on any atom is 0.329 e. The molecule has 0 bridgehead atoms. The van der Waals surface area contributed by atoms with E-state index in [0.29, 0.717) is 6.42 Å². The molecule has 4 N–H and O–H groups in total. The third kappa shape index (κ3) is 3.43. The number of hydrogen-bond donors (Lipinski definition) is 3. The van der Waals surface area contributed by atoms with Crippen LogP contribution < -0.4 is 11.1 Å². The molecule has 17 heavy (non-hydrogen) atoms. The van der Waals surface area contributed by atoms with Gasteiger partial charge in [0.15, 0.2) is 0 Å². The van der Waals surface area contributed by atoms with Gasteiger partial charge in [0, 0.05) is 0 Å². The largest absolute Gasteiger partial charge is 0.480 e. The normalized spacial score (nSPS) is 20.4. The summed E-state index contributed by atoms with van der Waals surface area (Å²) in [7, 11) is 0. The summed E-state index contributed by atoms with van der Waals surface area (Å²) < 4.78 is 0. The first-order valence-corrected chi connectivity index (χ1v) is 6.22. The first-order valence-electron chi connectivity index (χ1n) is 6.22. The molecule has 0 aromatic rings. The van der Waals surface area contributed by atoms with Crippen molar-refractivity contribution in [3.8, 4) is 0 Å². The number of aliphatic carboxylic acids is 1. The highest BCUT2D eigenvalue weighted by Crippen LogP contribution is 2.39. The van der Waals surface area contributed by atoms with E-state index in [1.807, 2.05) is 6.92 Å². The van der Waals surface area contributed by atoms with Crippen LogP contribution in [0.25, 0.3) is 0 Å². The van der Waals surface area contributed by atoms with Crippen LogP contribution in [0, 0.1) is 5.92 Å². The number of rotatable bonds is 7. The maximum absolute atomic E-state index is 11.8. The molecule has 0 heterocycles. The van der Waals surface area contributed by atoms with E-state index in [-0.39, 0.29) is 11.8 Å². The number of unbranched alkanes of at least 4 members (excludes halogenated alkanes) is 1. The SMILES string of the molecule is CCCC[C@H](N)C(=O)NC(C)(C(=O)O)C1CC1. The van der Waals surface area contributed by atoms with Gasteiger partial charge in [-0.3, -0.25) is 4.79 Å². The summed E-state index contributed by atoms with van der Waals surface area (Å²) in [4.78, 5) is 23.0. The highest BCUT2D eigenvalue weighted by molar-refractivity contribution is 5.89. The number of amides is 1. The zero-order valence-electron chi connectivity index (χ0n) is 10.5. The standard InChI is InChI=1S/C12H22N2O3/c1-3-4-5-9(13)10(15)14-12(2,11(16)17)8-6-7-8/h8-9H,3-7,13H2,1-2H3,(H,14,15)(H,16,17)/t9-,12?/m0/s1. The maximum atomic E-state index is 11.8. The minimum atomic E-state index is -1.15. The van der Waals surface area contributed by atoms with Gasteiger partial charge in [-0.2, -0.15) is 0 Å². The van der Waals surface area contributed by atoms with E-state index < -0.39 is 17.6 Å². The summed E-state index contributed by atoms with van der Waals surface area (Å²) >= 11 is 0. The summed E-state index contributed by atoms with van der Waals surface area (Å²) in [5.74, 6) is -1.28. The van der Waals surface area contributed by atoms with E-state index in [2.05, 4.69) is 5.32 Å². The highest BCUT2D eigenvalue weighted by atomic mass is 16.4. The summed E-state index contributed by atoms with van der Waals surface area (Å²) in [6.07, 6.45) is 4.16. The Morgan fingerprint density at radius 2 is 2.12 bits per heavy atom. The molecule has 1 fully saturated rings. The number of nitrogens with two attached hydrogens (primary N) is 1. The van der Waals surface area contributed by atoms with Crippen molar-refractivity contribution in [1.29, 1.82) is 0 Å². The van der Waals surface area contributed by atoms with Gasteiger partial charge in [0.05, 0.1) is 6.04 Å². The topological polar surface area (TPSA) is 92.4 Å². The molecule has 0 radical (unpaired) electrons. The third-order valence-corrected chi connectivity index (χ3v) is 3.43. The monoisotopic (exact) mass is 242 g/mol. The van der Waals surface area contributed by atoms with Gasteiger partial charge in [0.1, 0.15) is 5.54 Å². The number of carbonyl (C=O) groups is 2. The molecule has 0 aliphatic heterocycles. The summed E-state index contributed by atoms with van der Waals surface area (Å²) in [5.41, 5.74) is 4.57. The van der Waals surface area contributed by atoms with Crippen LogP contribution >= 0.6 is 0 Å². The smallest absolute Gasteiger partial charge is 0.329 e. The van der Waals surface area contributed by atoms with Crippen molar-refractivity contribution in [3.63, 3.8) is 0 Å². The lowest BCUT2D eigenvalue weighted by Crippen LogP contribution is -2.57. The number of hydrogen-bond acceptors (Lipinski definition) is 3. The number of carboxylic acid groups (broad SMARTS) is 1. The van der Waals surface area contributed by atoms with Gasteiger partial charge in [0.2, 0.25) is 5.91 Å². The fraction of sp³-hybridized carbons (Fsp3) is 0.833. The fourth-order valence-electron chi connectivity index (χ4n) is 1.89. The first-order chi connectivity index (χ1) is 7.91. The highest BCUT2D eigenvalue weighted by Gasteiger charge is 2.48. The van der Waals surface area contributed by atoms with Crippen molar-refractivity contribution in [2.24, 2.45) is 11.7 Å². The average Bonchev–Trinajstić information content (AvgIpc) is 3.09. The van der Waals surface area contributed by atoms with Crippen molar-refractivity contribution in [3.05, 3.63) is 0 Å². The molecular weight excluding hydrogens is 220 g/mol. The predicted molar refractivity (Wildman–Crippen MR) is 64.4 cm³/mol. The Morgan fingerprint density at radius 3 is 2.53 bits per heavy atom. The molecule has 1 amide bonds. The van der Waals surface area contributed by atoms with Crippen LogP contribution in [0.15, 0.2) is 0 Å². The Labute approximate surface area is 102 Å². The van der Waals surface area contributed by atoms with Crippen molar-refractivity contribution in [1.82, 2.24) is 5.32 Å². The molecule has 5 nitrogen and oxygen atoms in total. The van der Waals surface area contributed by atoms with Crippen LogP contribution in [0.3, 0.4) is 0 Å². The predicted octanol–water partition coefficient (Wildman–Crippen LogP) is 0.873. The van der Waals surface area contributed by atoms with Gasteiger partial charge < -0.3 is 16.2 Å². The number of nitrogens with one attached hydrogen (secondary N) is 1. The van der Waals surface area contributed by atoms with Gasteiger partial charge in [-0.05, 0) is 32.1 Å². The quantitative estimate of drug-likeness (QED) is 0.617. The van der Waals surface area contributed by atoms with Crippen molar-refractivity contribution in [2.75, 3.05) is 0 Å². The van der Waals surface area contributed by atoms with Crippen molar-refractivity contribution in [2.45, 2.75) is 57.5 Å². The minimum absolute atomic E-state index is 0.0438. The summed E-state index contributed by atoms with van der Waals surface area (Å²) in [5, 5.41) is 11.8. The Balaban J connectivity index is 2.55. The molecule has 0 aromatic heterocycles. The van der Waals surface area contributed by atoms with Crippen LogP contribution in [0.4, 0.5) is 0 Å². The van der Waals surface area contributed by atoms with Crippen LogP contribution in [-0.2, 0) is 9.59 Å². The van der Waals surface area contributed by atoms with Crippen LogP contribution in [0.2, 0.25) is 0 Å². The van der Waals surface area contributed by atoms with E-state index >= 15 is 0 Å². The van der Waals surface area contributed by atoms with E-state index in [4.69, 9.17) is 5.73 Å². The van der Waals surface area contributed by atoms with Crippen LogP contribution in [0.5, 0.6) is 0 Å². The zero-order chi connectivity index (χ0) is 13.1. The molecule has 1 rings (SSSR count). The lowest BCUT2D eigenvalue weighted by molar-refractivity contribution is -0.148. The Bertz CT molecular complexity index is 302. The molecule has 5 heteroatoms. The molecule has 0 spiro atoms. The molecule has 98 valence electrons. The van der Waals surface area contributed by atoms with E-state index in [9.17, 15) is 14.7 Å². The molecule has 1 saturated carbocycles. The minimum Gasteiger partial charge on any atom is -0.480 e.